The summed E-state index contributed by atoms with van der Waals surface area (Å²) >= 11 is 5.89. The topological polar surface area (TPSA) is 57.7 Å². The maximum absolute atomic E-state index is 13.0. The van der Waals surface area contributed by atoms with Crippen molar-refractivity contribution in [1.29, 1.82) is 0 Å². The van der Waals surface area contributed by atoms with Crippen LogP contribution in [0.1, 0.15) is 24.0 Å². The largest absolute Gasteiger partial charge is 0.312 e. The second-order valence-electron chi connectivity index (χ2n) is 7.19. The molecule has 4 rings (SSSR count). The Labute approximate surface area is 164 Å². The zero-order chi connectivity index (χ0) is 19.2. The van der Waals surface area contributed by atoms with Crippen molar-refractivity contribution in [3.8, 4) is 0 Å². The zero-order valence-electron chi connectivity index (χ0n) is 15.1. The molecule has 0 atom stereocenters. The number of fused-ring (bicyclic) bond motifs is 1. The standard InChI is InChI=1S/C20H21ClN2O3S/c1-22(13-14-2-6-17(21)7-3-14)27(25,26)18-8-9-19-16(12-18)10-11-23(19)20(24)15-4-5-15/h2-3,6-9,12,15H,4-5,10-11,13H2,1H3. The summed E-state index contributed by atoms with van der Waals surface area (Å²) in [6.07, 6.45) is 2.62. The van der Waals surface area contributed by atoms with Gasteiger partial charge in [-0.05, 0) is 60.7 Å². The van der Waals surface area contributed by atoms with Crippen LogP contribution in [0.3, 0.4) is 0 Å². The molecule has 1 saturated carbocycles. The Balaban J connectivity index is 1.55. The van der Waals surface area contributed by atoms with Gasteiger partial charge >= 0.3 is 0 Å². The summed E-state index contributed by atoms with van der Waals surface area (Å²) in [6, 6.07) is 12.2. The summed E-state index contributed by atoms with van der Waals surface area (Å²) < 4.78 is 27.2. The number of nitrogens with zero attached hydrogens (tertiary/aromatic N) is 2. The van der Waals surface area contributed by atoms with Crippen LogP contribution in [0.5, 0.6) is 0 Å². The molecule has 0 unspecified atom stereocenters. The van der Waals surface area contributed by atoms with E-state index < -0.39 is 10.0 Å². The third kappa shape index (κ3) is 3.61. The highest BCUT2D eigenvalue weighted by Crippen LogP contribution is 2.37. The van der Waals surface area contributed by atoms with Gasteiger partial charge in [-0.3, -0.25) is 4.79 Å². The summed E-state index contributed by atoms with van der Waals surface area (Å²) in [5, 5.41) is 0.619. The van der Waals surface area contributed by atoms with Gasteiger partial charge in [0, 0.05) is 36.8 Å². The van der Waals surface area contributed by atoms with Crippen molar-refractivity contribution >= 4 is 33.2 Å². The molecule has 0 aromatic heterocycles. The van der Waals surface area contributed by atoms with Gasteiger partial charge in [-0.15, -0.1) is 0 Å². The van der Waals surface area contributed by atoms with Crippen LogP contribution in [0.2, 0.25) is 5.02 Å². The van der Waals surface area contributed by atoms with Gasteiger partial charge in [-0.1, -0.05) is 23.7 Å². The molecule has 0 spiro atoms. The molecule has 1 aliphatic heterocycles. The molecule has 7 heteroatoms. The molecular weight excluding hydrogens is 384 g/mol. The Bertz CT molecular complexity index is 985. The SMILES string of the molecule is CN(Cc1ccc(Cl)cc1)S(=O)(=O)c1ccc2c(c1)CCN2C(=O)C1CC1. The van der Waals surface area contributed by atoms with E-state index in [0.717, 1.165) is 29.7 Å². The first-order valence-corrected chi connectivity index (χ1v) is 10.8. The predicted octanol–water partition coefficient (Wildman–Crippen LogP) is 3.46. The van der Waals surface area contributed by atoms with E-state index in [4.69, 9.17) is 11.6 Å². The van der Waals surface area contributed by atoms with E-state index in [1.807, 2.05) is 12.1 Å². The molecule has 142 valence electrons. The van der Waals surface area contributed by atoms with Crippen LogP contribution in [-0.2, 0) is 27.8 Å². The molecule has 1 fully saturated rings. The molecule has 1 amide bonds. The van der Waals surface area contributed by atoms with Gasteiger partial charge in [-0.2, -0.15) is 4.31 Å². The van der Waals surface area contributed by atoms with Gasteiger partial charge in [0.15, 0.2) is 0 Å². The quantitative estimate of drug-likeness (QED) is 0.766. The van der Waals surface area contributed by atoms with Gasteiger partial charge in [-0.25, -0.2) is 8.42 Å². The summed E-state index contributed by atoms with van der Waals surface area (Å²) in [7, 11) is -2.04. The first kappa shape index (κ1) is 18.5. The fourth-order valence-electron chi connectivity index (χ4n) is 3.43. The summed E-state index contributed by atoms with van der Waals surface area (Å²) in [4.78, 5) is 14.4. The average Bonchev–Trinajstić information content (AvgIpc) is 3.42. The highest BCUT2D eigenvalue weighted by Gasteiger charge is 2.37. The van der Waals surface area contributed by atoms with E-state index >= 15 is 0 Å². The second kappa shape index (κ2) is 6.93. The van der Waals surface area contributed by atoms with Gasteiger partial charge in [0.1, 0.15) is 0 Å². The molecule has 0 saturated heterocycles. The highest BCUT2D eigenvalue weighted by atomic mass is 35.5. The van der Waals surface area contributed by atoms with Gasteiger partial charge < -0.3 is 4.90 Å². The van der Waals surface area contributed by atoms with E-state index in [1.54, 1.807) is 42.3 Å². The average molecular weight is 405 g/mol. The number of benzene rings is 2. The molecule has 0 N–H and O–H groups in total. The zero-order valence-corrected chi connectivity index (χ0v) is 16.6. The minimum Gasteiger partial charge on any atom is -0.312 e. The van der Waals surface area contributed by atoms with Crippen molar-refractivity contribution in [2.24, 2.45) is 5.92 Å². The normalized spacial score (nSPS) is 16.6. The number of anilines is 1. The van der Waals surface area contributed by atoms with E-state index in [2.05, 4.69) is 0 Å². The molecule has 5 nitrogen and oxygen atoms in total. The minimum atomic E-state index is -3.61. The van der Waals surface area contributed by atoms with Crippen LogP contribution in [0.15, 0.2) is 47.4 Å². The summed E-state index contributed by atoms with van der Waals surface area (Å²) in [6.45, 7) is 0.900. The molecule has 2 aromatic carbocycles. The van der Waals surface area contributed by atoms with Crippen LogP contribution in [0, 0.1) is 5.92 Å². The molecule has 1 heterocycles. The lowest BCUT2D eigenvalue weighted by atomic mass is 10.2. The number of carbonyl (C=O) groups is 1. The van der Waals surface area contributed by atoms with Gasteiger partial charge in [0.25, 0.3) is 0 Å². The number of hydrogen-bond acceptors (Lipinski definition) is 3. The number of amides is 1. The molecular formula is C20H21ClN2O3S. The highest BCUT2D eigenvalue weighted by molar-refractivity contribution is 7.89. The second-order valence-corrected chi connectivity index (χ2v) is 9.67. The number of hydrogen-bond donors (Lipinski definition) is 0. The third-order valence-corrected chi connectivity index (χ3v) is 7.22. The van der Waals surface area contributed by atoms with Gasteiger partial charge in [0.2, 0.25) is 15.9 Å². The van der Waals surface area contributed by atoms with Crippen LogP contribution >= 0.6 is 11.6 Å². The molecule has 0 bridgehead atoms. The number of carbonyl (C=O) groups excluding carboxylic acids is 1. The summed E-state index contributed by atoms with van der Waals surface area (Å²) in [5.41, 5.74) is 2.64. The van der Waals surface area contributed by atoms with Crippen molar-refractivity contribution in [2.45, 2.75) is 30.7 Å². The molecule has 27 heavy (non-hydrogen) atoms. The van der Waals surface area contributed by atoms with Crippen LogP contribution in [0.4, 0.5) is 5.69 Å². The third-order valence-electron chi connectivity index (χ3n) is 5.17. The van der Waals surface area contributed by atoms with Crippen LogP contribution in [0.25, 0.3) is 0 Å². The number of rotatable bonds is 5. The number of halogens is 1. The van der Waals surface area contributed by atoms with Crippen molar-refractivity contribution in [1.82, 2.24) is 4.31 Å². The number of sulfonamides is 1. The lowest BCUT2D eigenvalue weighted by Gasteiger charge is -2.19. The Morgan fingerprint density at radius 2 is 1.89 bits per heavy atom. The van der Waals surface area contributed by atoms with E-state index in [0.29, 0.717) is 18.0 Å². The molecule has 2 aliphatic rings. The fraction of sp³-hybridized carbons (Fsp3) is 0.350. The smallest absolute Gasteiger partial charge is 0.243 e. The van der Waals surface area contributed by atoms with E-state index in [1.165, 1.54) is 4.31 Å². The fourth-order valence-corrected chi connectivity index (χ4v) is 4.77. The molecule has 2 aromatic rings. The Kier molecular flexibility index (Phi) is 4.74. The molecule has 0 radical (unpaired) electrons. The Morgan fingerprint density at radius 3 is 2.56 bits per heavy atom. The Hall–Kier alpha value is -1.89. The Morgan fingerprint density at radius 1 is 1.19 bits per heavy atom. The van der Waals surface area contributed by atoms with Crippen LogP contribution < -0.4 is 4.90 Å². The summed E-state index contributed by atoms with van der Waals surface area (Å²) in [5.74, 6) is 0.328. The minimum absolute atomic E-state index is 0.157. The van der Waals surface area contributed by atoms with Crippen molar-refractivity contribution in [3.05, 3.63) is 58.6 Å². The van der Waals surface area contributed by atoms with Crippen molar-refractivity contribution < 1.29 is 13.2 Å². The van der Waals surface area contributed by atoms with E-state index in [9.17, 15) is 13.2 Å². The first-order chi connectivity index (χ1) is 12.9. The maximum atomic E-state index is 13.0. The van der Waals surface area contributed by atoms with E-state index in [-0.39, 0.29) is 23.3 Å². The lowest BCUT2D eigenvalue weighted by Crippen LogP contribution is -2.30. The van der Waals surface area contributed by atoms with Gasteiger partial charge in [0.05, 0.1) is 4.90 Å². The maximum Gasteiger partial charge on any atom is 0.243 e. The van der Waals surface area contributed by atoms with Crippen molar-refractivity contribution in [2.75, 3.05) is 18.5 Å². The first-order valence-electron chi connectivity index (χ1n) is 9.01. The predicted molar refractivity (Wildman–Crippen MR) is 105 cm³/mol. The lowest BCUT2D eigenvalue weighted by molar-refractivity contribution is -0.119. The van der Waals surface area contributed by atoms with Crippen molar-refractivity contribution in [3.63, 3.8) is 0 Å². The molecule has 1 aliphatic carbocycles. The monoisotopic (exact) mass is 404 g/mol. The van der Waals surface area contributed by atoms with Crippen LogP contribution in [-0.4, -0.2) is 32.2 Å².